The van der Waals surface area contributed by atoms with E-state index < -0.39 is 18.0 Å². The minimum Gasteiger partial charge on any atom is -0.464 e. The molecule has 0 unspecified atom stereocenters. The average Bonchev–Trinajstić information content (AvgIpc) is 3.72. The summed E-state index contributed by atoms with van der Waals surface area (Å²) in [4.78, 5) is 73.5. The summed E-state index contributed by atoms with van der Waals surface area (Å²) >= 11 is 0. The molecule has 1 aromatic heterocycles. The summed E-state index contributed by atoms with van der Waals surface area (Å²) in [6, 6.07) is 11.4. The lowest BCUT2D eigenvalue weighted by atomic mass is 9.98. The van der Waals surface area contributed by atoms with Gasteiger partial charge in [-0.15, -0.1) is 0 Å². The molecule has 2 atom stereocenters. The number of anilines is 1. The highest BCUT2D eigenvalue weighted by Crippen LogP contribution is 2.27. The summed E-state index contributed by atoms with van der Waals surface area (Å²) < 4.78 is 18.1. The lowest BCUT2D eigenvalue weighted by Crippen LogP contribution is -2.51. The molecule has 3 fully saturated rings. The molecular weight excluding hydrogens is 767 g/mol. The van der Waals surface area contributed by atoms with Crippen LogP contribution in [0.3, 0.4) is 0 Å². The summed E-state index contributed by atoms with van der Waals surface area (Å²) in [5.41, 5.74) is 4.72. The van der Waals surface area contributed by atoms with Crippen molar-refractivity contribution in [2.24, 2.45) is 13.0 Å². The molecular formula is C45H67N7O8. The van der Waals surface area contributed by atoms with Gasteiger partial charge in [-0.05, 0) is 121 Å². The molecule has 0 bridgehead atoms. The first kappa shape index (κ1) is 46.2. The minimum absolute atomic E-state index is 0. The molecule has 0 aliphatic carbocycles. The number of esters is 1. The molecule has 3 saturated heterocycles. The number of rotatable bonds is 10. The molecule has 4 amide bonds. The Morgan fingerprint density at radius 3 is 2.32 bits per heavy atom. The van der Waals surface area contributed by atoms with Crippen LogP contribution >= 0.6 is 0 Å². The molecule has 4 aliphatic heterocycles. The first-order valence-corrected chi connectivity index (χ1v) is 21.3. The molecule has 5 heterocycles. The number of piperidine rings is 2. The Balaban J connectivity index is 0.000000362. The number of para-hydroxylation sites is 1. The van der Waals surface area contributed by atoms with E-state index in [4.69, 9.17) is 13.9 Å². The van der Waals surface area contributed by atoms with Gasteiger partial charge in [0.1, 0.15) is 6.04 Å². The number of nitrogens with zero attached hydrogens (tertiary/aromatic N) is 6. The number of urea groups is 1. The van der Waals surface area contributed by atoms with E-state index in [1.807, 2.05) is 63.3 Å². The topological polar surface area (TPSA) is 150 Å². The van der Waals surface area contributed by atoms with Crippen LogP contribution in [0.1, 0.15) is 76.0 Å². The maximum Gasteiger partial charge on any atom is 0.419 e. The van der Waals surface area contributed by atoms with E-state index >= 15 is 0 Å². The van der Waals surface area contributed by atoms with Gasteiger partial charge in [0.15, 0.2) is 11.7 Å². The number of hydrogen-bond donors (Lipinski definition) is 1. The third kappa shape index (κ3) is 11.5. The number of likely N-dealkylation sites (N-methyl/N-ethyl adjacent to an activating group) is 1. The van der Waals surface area contributed by atoms with Gasteiger partial charge in [0.25, 0.3) is 5.91 Å². The zero-order valence-electron chi connectivity index (χ0n) is 35.7. The number of likely N-dealkylation sites (tertiary alicyclic amines) is 3. The maximum atomic E-state index is 13.8. The normalized spacial score (nSPS) is 19.5. The number of carbonyl (C=O) groups is 4. The number of amides is 4. The quantitative estimate of drug-likeness (QED) is 0.205. The van der Waals surface area contributed by atoms with Crippen molar-refractivity contribution in [1.82, 2.24) is 29.1 Å². The van der Waals surface area contributed by atoms with Crippen molar-refractivity contribution in [3.05, 3.63) is 63.6 Å². The van der Waals surface area contributed by atoms with Crippen molar-refractivity contribution in [3.63, 3.8) is 0 Å². The zero-order valence-corrected chi connectivity index (χ0v) is 35.7. The predicted octanol–water partition coefficient (Wildman–Crippen LogP) is 5.51. The Labute approximate surface area is 354 Å². The predicted molar refractivity (Wildman–Crippen MR) is 232 cm³/mol. The number of aromatic nitrogens is 1. The number of aryl methyl sites for hydroxylation is 2. The molecule has 7 rings (SSSR count). The first-order valence-electron chi connectivity index (χ1n) is 21.3. The van der Waals surface area contributed by atoms with E-state index in [1.165, 1.54) is 4.57 Å². The maximum absolute atomic E-state index is 13.8. The molecule has 1 N–H and O–H groups in total. The van der Waals surface area contributed by atoms with Crippen molar-refractivity contribution in [3.8, 4) is 0 Å². The summed E-state index contributed by atoms with van der Waals surface area (Å²) in [5.74, 6) is -0.151. The molecule has 2 aromatic carbocycles. The lowest BCUT2D eigenvalue weighted by molar-refractivity contribution is -0.148. The lowest BCUT2D eigenvalue weighted by Gasteiger charge is -2.38. The molecule has 15 heteroatoms. The van der Waals surface area contributed by atoms with Crippen molar-refractivity contribution in [1.29, 1.82) is 0 Å². The molecule has 15 nitrogen and oxygen atoms in total. The van der Waals surface area contributed by atoms with Crippen molar-refractivity contribution >= 4 is 40.8 Å². The number of oxazole rings is 1. The summed E-state index contributed by atoms with van der Waals surface area (Å²) in [6.45, 7) is 9.34. The van der Waals surface area contributed by atoms with Crippen LogP contribution in [0.15, 0.2) is 45.6 Å². The first-order chi connectivity index (χ1) is 28.3. The van der Waals surface area contributed by atoms with E-state index in [9.17, 15) is 24.0 Å². The number of hydrogen-bond acceptors (Lipinski definition) is 10. The van der Waals surface area contributed by atoms with Crippen LogP contribution in [0.5, 0.6) is 0 Å². The smallest absolute Gasteiger partial charge is 0.419 e. The fraction of sp³-hybridized carbons (Fsp3) is 0.622. The van der Waals surface area contributed by atoms with Gasteiger partial charge in [-0.25, -0.2) is 14.4 Å². The summed E-state index contributed by atoms with van der Waals surface area (Å²) in [6.07, 6.45) is 5.47. The molecule has 0 spiro atoms. The van der Waals surface area contributed by atoms with Crippen LogP contribution in [0, 0.1) is 12.8 Å². The van der Waals surface area contributed by atoms with Gasteiger partial charge in [-0.1, -0.05) is 38.6 Å². The van der Waals surface area contributed by atoms with Gasteiger partial charge in [-0.2, -0.15) is 0 Å². The SMILES string of the molecule is C.CN(C)CCCOC(=O)[C@@H]1CCCN1C.Cc1cc(C[C@@H](OC(=O)N2CCC(N3CCc4ccccc4NC3=O)CC2)C(=O)N2CCC(C)CC2)cc2oc(=O)n(C)c12. The Kier molecular flexibility index (Phi) is 16.2. The van der Waals surface area contributed by atoms with Crippen molar-refractivity contribution < 1.29 is 33.1 Å². The number of carbonyl (C=O) groups excluding carboxylic acids is 4. The van der Waals surface area contributed by atoms with Crippen LogP contribution in [0.2, 0.25) is 0 Å². The van der Waals surface area contributed by atoms with Crippen molar-refractivity contribution in [2.45, 2.75) is 97.2 Å². The molecule has 330 valence electrons. The Bertz CT molecular complexity index is 2000. The van der Waals surface area contributed by atoms with Gasteiger partial charge in [0.2, 0.25) is 0 Å². The summed E-state index contributed by atoms with van der Waals surface area (Å²) in [5, 5.41) is 3.03. The number of fused-ring (bicyclic) bond motifs is 2. The second-order valence-electron chi connectivity index (χ2n) is 17.0. The highest BCUT2D eigenvalue weighted by molar-refractivity contribution is 5.91. The Morgan fingerprint density at radius 2 is 1.63 bits per heavy atom. The molecule has 0 saturated carbocycles. The van der Waals surface area contributed by atoms with E-state index in [2.05, 4.69) is 22.0 Å². The highest BCUT2D eigenvalue weighted by Gasteiger charge is 2.36. The van der Waals surface area contributed by atoms with E-state index in [-0.39, 0.29) is 43.8 Å². The van der Waals surface area contributed by atoms with Crippen LogP contribution in [-0.2, 0) is 39.0 Å². The van der Waals surface area contributed by atoms with E-state index in [1.54, 1.807) is 22.9 Å². The third-order valence-corrected chi connectivity index (χ3v) is 12.3. The van der Waals surface area contributed by atoms with Gasteiger partial charge < -0.3 is 38.8 Å². The van der Waals surface area contributed by atoms with Gasteiger partial charge >= 0.3 is 23.8 Å². The van der Waals surface area contributed by atoms with E-state index in [0.29, 0.717) is 69.2 Å². The number of nitrogens with one attached hydrogen (secondary N) is 1. The summed E-state index contributed by atoms with van der Waals surface area (Å²) in [7, 11) is 7.69. The molecule has 4 aliphatic rings. The van der Waals surface area contributed by atoms with Crippen LogP contribution in [0.25, 0.3) is 11.1 Å². The minimum atomic E-state index is -1.00. The largest absolute Gasteiger partial charge is 0.464 e. The van der Waals surface area contributed by atoms with Crippen LogP contribution < -0.4 is 11.1 Å². The second-order valence-corrected chi connectivity index (χ2v) is 17.0. The highest BCUT2D eigenvalue weighted by atomic mass is 16.6. The van der Waals surface area contributed by atoms with Gasteiger partial charge in [-0.3, -0.25) is 19.1 Å². The van der Waals surface area contributed by atoms with Crippen LogP contribution in [0.4, 0.5) is 15.3 Å². The Morgan fingerprint density at radius 1 is 0.933 bits per heavy atom. The van der Waals surface area contributed by atoms with Crippen LogP contribution in [-0.4, -0.2) is 145 Å². The molecule has 60 heavy (non-hydrogen) atoms. The number of benzene rings is 2. The monoisotopic (exact) mass is 834 g/mol. The van der Waals surface area contributed by atoms with Gasteiger partial charge in [0, 0.05) is 64.5 Å². The van der Waals surface area contributed by atoms with E-state index in [0.717, 1.165) is 74.0 Å². The third-order valence-electron chi connectivity index (χ3n) is 12.3. The molecule has 0 radical (unpaired) electrons. The fourth-order valence-electron chi connectivity index (χ4n) is 8.68. The zero-order chi connectivity index (χ0) is 42.2. The average molecular weight is 834 g/mol. The Hall–Kier alpha value is -4.89. The second kappa shape index (κ2) is 21.1. The molecule has 3 aromatic rings. The fourth-order valence-corrected chi connectivity index (χ4v) is 8.68. The van der Waals surface area contributed by atoms with Crippen molar-refractivity contribution in [2.75, 3.05) is 78.9 Å². The number of ether oxygens (including phenoxy) is 2. The van der Waals surface area contributed by atoms with Gasteiger partial charge in [0.05, 0.1) is 12.1 Å². The standard InChI is InChI=1S/C33H41N5O6.C11H22N2O2.CH4/c1-21-8-13-36(14-9-21)30(39)28(20-23-18-22(2)29-27(19-23)43-32(41)35(29)3)44-33(42)37-15-11-25(12-16-37)38-17-10-24-6-4-5-7-26(24)34-31(38)40;1-12(2)7-5-9-15-11(14)10-6-4-8-13(10)3;/h4-7,18-19,21,25,28H,8-17,20H2,1-3H3,(H,34,40);10H,4-9H2,1-3H3;1H4/t28-;10-;/m10./s1.